The number of nitriles is 1. The molecule has 2 aromatic rings. The molecule has 3 rings (SSSR count). The monoisotopic (exact) mass is 403 g/mol. The number of benzene rings is 2. The minimum Gasteiger partial charge on any atom is -0.325 e. The van der Waals surface area contributed by atoms with E-state index in [1.165, 1.54) is 0 Å². The Kier molecular flexibility index (Phi) is 6.02. The van der Waals surface area contributed by atoms with Crippen molar-refractivity contribution in [2.24, 2.45) is 0 Å². The number of hydrogen-bond acceptors (Lipinski definition) is 4. The maximum absolute atomic E-state index is 13.3. The van der Waals surface area contributed by atoms with Crippen molar-refractivity contribution < 1.29 is 14.4 Å². The zero-order chi connectivity index (χ0) is 21.9. The lowest BCUT2D eigenvalue weighted by Gasteiger charge is -2.41. The van der Waals surface area contributed by atoms with Gasteiger partial charge in [0.2, 0.25) is 11.8 Å². The predicted molar refractivity (Wildman–Crippen MR) is 113 cm³/mol. The van der Waals surface area contributed by atoms with E-state index in [-0.39, 0.29) is 24.7 Å². The van der Waals surface area contributed by atoms with E-state index in [0.717, 1.165) is 10.5 Å². The Morgan fingerprint density at radius 3 is 2.33 bits per heavy atom. The molecule has 1 unspecified atom stereocenters. The highest BCUT2D eigenvalue weighted by Gasteiger charge is 2.48. The van der Waals surface area contributed by atoms with Gasteiger partial charge in [0.1, 0.15) is 6.04 Å². The summed E-state index contributed by atoms with van der Waals surface area (Å²) in [6.07, 6.45) is 0.754. The van der Waals surface area contributed by atoms with E-state index in [2.05, 4.69) is 0 Å². The van der Waals surface area contributed by atoms with Gasteiger partial charge in [0, 0.05) is 5.54 Å². The molecule has 0 aliphatic carbocycles. The van der Waals surface area contributed by atoms with E-state index in [0.29, 0.717) is 17.7 Å². The number of carbonyl (C=O) groups excluding carboxylic acids is 3. The SMILES string of the molecule is CCC(C)(C)N(C(=O)Cc1ccccc1)C1CC(=O)N(c2ccc(C#N)cc2)C1=O. The van der Waals surface area contributed by atoms with Crippen molar-refractivity contribution in [3.63, 3.8) is 0 Å². The van der Waals surface area contributed by atoms with Gasteiger partial charge in [-0.05, 0) is 50.1 Å². The van der Waals surface area contributed by atoms with Gasteiger partial charge in [-0.2, -0.15) is 5.26 Å². The van der Waals surface area contributed by atoms with Crippen LogP contribution in [0.3, 0.4) is 0 Å². The second-order valence-electron chi connectivity index (χ2n) is 8.04. The molecule has 1 heterocycles. The van der Waals surface area contributed by atoms with Crippen molar-refractivity contribution in [1.29, 1.82) is 5.26 Å². The number of amides is 3. The van der Waals surface area contributed by atoms with Crippen molar-refractivity contribution >= 4 is 23.4 Å². The maximum Gasteiger partial charge on any atom is 0.257 e. The predicted octanol–water partition coefficient (Wildman–Crippen LogP) is 3.45. The van der Waals surface area contributed by atoms with E-state index in [9.17, 15) is 14.4 Å². The van der Waals surface area contributed by atoms with Crippen LogP contribution in [0.5, 0.6) is 0 Å². The van der Waals surface area contributed by atoms with Gasteiger partial charge in [-0.1, -0.05) is 37.3 Å². The number of hydrogen-bond donors (Lipinski definition) is 0. The molecule has 1 saturated heterocycles. The third-order valence-electron chi connectivity index (χ3n) is 5.67. The second kappa shape index (κ2) is 8.50. The fourth-order valence-electron chi connectivity index (χ4n) is 3.73. The Labute approximate surface area is 176 Å². The zero-order valence-electron chi connectivity index (χ0n) is 17.5. The summed E-state index contributed by atoms with van der Waals surface area (Å²) in [6, 6.07) is 16.8. The van der Waals surface area contributed by atoms with Crippen molar-refractivity contribution in [2.45, 2.75) is 51.6 Å². The summed E-state index contributed by atoms with van der Waals surface area (Å²) in [7, 11) is 0. The fourth-order valence-corrected chi connectivity index (χ4v) is 3.73. The molecule has 0 N–H and O–H groups in total. The first kappa shape index (κ1) is 21.3. The number of carbonyl (C=O) groups is 3. The van der Waals surface area contributed by atoms with Crippen LogP contribution in [-0.4, -0.2) is 34.2 Å². The first-order valence-corrected chi connectivity index (χ1v) is 10.0. The lowest BCUT2D eigenvalue weighted by atomic mass is 9.94. The fraction of sp³-hybridized carbons (Fsp3) is 0.333. The van der Waals surface area contributed by atoms with Gasteiger partial charge >= 0.3 is 0 Å². The standard InChI is InChI=1S/C24H25N3O3/c1-4-24(2,3)27(22(29)14-17-8-6-5-7-9-17)20-15-21(28)26(23(20)30)19-12-10-18(16-25)11-13-19/h5-13,20H,4,14-15H2,1-3H3. The number of imide groups is 1. The number of rotatable bonds is 6. The Morgan fingerprint density at radius 1 is 1.13 bits per heavy atom. The van der Waals surface area contributed by atoms with E-state index in [1.54, 1.807) is 29.2 Å². The van der Waals surface area contributed by atoms with Gasteiger partial charge < -0.3 is 4.90 Å². The quantitative estimate of drug-likeness (QED) is 0.692. The summed E-state index contributed by atoms with van der Waals surface area (Å²) in [4.78, 5) is 42.0. The molecule has 1 aliphatic heterocycles. The average Bonchev–Trinajstić information content (AvgIpc) is 3.02. The molecule has 154 valence electrons. The summed E-state index contributed by atoms with van der Waals surface area (Å²) >= 11 is 0. The van der Waals surface area contributed by atoms with Crippen molar-refractivity contribution in [1.82, 2.24) is 4.90 Å². The highest BCUT2D eigenvalue weighted by atomic mass is 16.2. The van der Waals surface area contributed by atoms with Crippen LogP contribution in [0.2, 0.25) is 0 Å². The molecular formula is C24H25N3O3. The highest BCUT2D eigenvalue weighted by molar-refractivity contribution is 6.23. The van der Waals surface area contributed by atoms with Crippen LogP contribution in [-0.2, 0) is 20.8 Å². The topological polar surface area (TPSA) is 81.5 Å². The molecule has 0 bridgehead atoms. The molecule has 3 amide bonds. The summed E-state index contributed by atoms with van der Waals surface area (Å²) in [5, 5.41) is 8.97. The molecule has 1 aliphatic rings. The number of anilines is 1. The minimum absolute atomic E-state index is 0.0528. The molecule has 2 aromatic carbocycles. The van der Waals surface area contributed by atoms with E-state index in [4.69, 9.17) is 5.26 Å². The lowest BCUT2D eigenvalue weighted by molar-refractivity contribution is -0.144. The van der Waals surface area contributed by atoms with Gasteiger partial charge in [-0.25, -0.2) is 4.90 Å². The third-order valence-corrected chi connectivity index (χ3v) is 5.67. The van der Waals surface area contributed by atoms with E-state index < -0.39 is 17.5 Å². The minimum atomic E-state index is -0.848. The Hall–Kier alpha value is -3.46. The summed E-state index contributed by atoms with van der Waals surface area (Å²) in [5.74, 6) is -0.937. The molecule has 1 atom stereocenters. The average molecular weight is 403 g/mol. The zero-order valence-corrected chi connectivity index (χ0v) is 17.5. The van der Waals surface area contributed by atoms with Crippen LogP contribution in [0.1, 0.15) is 44.7 Å². The van der Waals surface area contributed by atoms with Gasteiger partial charge in [0.15, 0.2) is 0 Å². The third kappa shape index (κ3) is 4.11. The largest absolute Gasteiger partial charge is 0.325 e. The molecule has 6 heteroatoms. The maximum atomic E-state index is 13.3. The first-order valence-electron chi connectivity index (χ1n) is 10.0. The van der Waals surface area contributed by atoms with Crippen LogP contribution in [0.25, 0.3) is 0 Å². The molecule has 30 heavy (non-hydrogen) atoms. The highest BCUT2D eigenvalue weighted by Crippen LogP contribution is 2.31. The number of nitrogens with zero attached hydrogens (tertiary/aromatic N) is 3. The van der Waals surface area contributed by atoms with Gasteiger partial charge in [0.25, 0.3) is 5.91 Å². The first-order chi connectivity index (χ1) is 14.3. The molecule has 6 nitrogen and oxygen atoms in total. The van der Waals surface area contributed by atoms with Gasteiger partial charge in [0.05, 0.1) is 30.2 Å². The van der Waals surface area contributed by atoms with E-state index >= 15 is 0 Å². The van der Waals surface area contributed by atoms with Crippen molar-refractivity contribution in [2.75, 3.05) is 4.90 Å². The summed E-state index contributed by atoms with van der Waals surface area (Å²) < 4.78 is 0. The van der Waals surface area contributed by atoms with Gasteiger partial charge in [-0.3, -0.25) is 14.4 Å². The van der Waals surface area contributed by atoms with Crippen LogP contribution >= 0.6 is 0 Å². The Bertz CT molecular complexity index is 991. The van der Waals surface area contributed by atoms with E-state index in [1.807, 2.05) is 57.2 Å². The summed E-state index contributed by atoms with van der Waals surface area (Å²) in [6.45, 7) is 5.79. The smallest absolute Gasteiger partial charge is 0.257 e. The van der Waals surface area contributed by atoms with Crippen molar-refractivity contribution in [3.8, 4) is 6.07 Å². The molecule has 0 saturated carbocycles. The molecule has 0 aromatic heterocycles. The summed E-state index contributed by atoms with van der Waals surface area (Å²) in [5.41, 5.74) is 1.13. The lowest BCUT2D eigenvalue weighted by Crippen LogP contribution is -2.56. The second-order valence-corrected chi connectivity index (χ2v) is 8.04. The molecular weight excluding hydrogens is 378 g/mol. The van der Waals surface area contributed by atoms with Crippen LogP contribution < -0.4 is 4.90 Å². The van der Waals surface area contributed by atoms with Crippen LogP contribution in [0, 0.1) is 11.3 Å². The van der Waals surface area contributed by atoms with Gasteiger partial charge in [-0.15, -0.1) is 0 Å². The molecule has 0 spiro atoms. The Balaban J connectivity index is 1.91. The normalized spacial score (nSPS) is 16.5. The Morgan fingerprint density at radius 2 is 1.77 bits per heavy atom. The molecule has 1 fully saturated rings. The molecule has 0 radical (unpaired) electrons. The van der Waals surface area contributed by atoms with Crippen LogP contribution in [0.4, 0.5) is 5.69 Å². The van der Waals surface area contributed by atoms with Crippen LogP contribution in [0.15, 0.2) is 54.6 Å². The van der Waals surface area contributed by atoms with Crippen molar-refractivity contribution in [3.05, 3.63) is 65.7 Å².